The smallest absolute Gasteiger partial charge is 0.352 e. The van der Waals surface area contributed by atoms with Crippen molar-refractivity contribution in [3.8, 4) is 0 Å². The molecule has 208 valence electrons. The zero-order valence-corrected chi connectivity index (χ0v) is 23.4. The Morgan fingerprint density at radius 2 is 2.13 bits per heavy atom. The molecule has 1 saturated heterocycles. The Bertz CT molecular complexity index is 1260. The minimum Gasteiger partial charge on any atom is -0.594 e. The van der Waals surface area contributed by atoms with E-state index in [1.54, 1.807) is 29.6 Å². The van der Waals surface area contributed by atoms with Crippen LogP contribution in [-0.4, -0.2) is 68.4 Å². The number of thiophene rings is 1. The Morgan fingerprint density at radius 3 is 2.82 bits per heavy atom. The standard InChI is InChI=1S/C24H28N6O6S3/c1-2-3-4-9-25-24(35)27-17(15-7-6-11-37-15)20(31)26-18-21(32)30-19(23(33)34)14(13-39-22(18)30)12-38-16-8-5-10-29(36)28-16/h5-8,10-11,17-18,22H,2-4,9,12-13H2,1H3,(H,26,31)(H,33,34)(H2,25,27,35)/t17?,18-,22?/m0/s1. The third kappa shape index (κ3) is 6.83. The van der Waals surface area contributed by atoms with E-state index < -0.39 is 41.3 Å². The van der Waals surface area contributed by atoms with Crippen LogP contribution in [0.15, 0.2) is 52.1 Å². The second kappa shape index (κ2) is 13.2. The van der Waals surface area contributed by atoms with Crippen LogP contribution in [-0.2, 0) is 14.4 Å². The predicted octanol–water partition coefficient (Wildman–Crippen LogP) is 1.84. The van der Waals surface area contributed by atoms with Gasteiger partial charge in [0.15, 0.2) is 5.03 Å². The lowest BCUT2D eigenvalue weighted by atomic mass is 10.0. The molecule has 4 amide bonds. The minimum atomic E-state index is -1.24. The molecule has 2 aliphatic rings. The van der Waals surface area contributed by atoms with Crippen molar-refractivity contribution in [3.05, 3.63) is 57.2 Å². The number of carbonyl (C=O) groups excluding carboxylic acids is 3. The number of hydrogen-bond donors (Lipinski definition) is 4. The van der Waals surface area contributed by atoms with Crippen LogP contribution in [0, 0.1) is 5.21 Å². The number of rotatable bonds is 12. The summed E-state index contributed by atoms with van der Waals surface area (Å²) >= 11 is 3.84. The topological polar surface area (TPSA) is 168 Å². The fourth-order valence-electron chi connectivity index (χ4n) is 4.11. The molecule has 0 aliphatic carbocycles. The molecule has 39 heavy (non-hydrogen) atoms. The number of hydrogen-bond acceptors (Lipinski definition) is 9. The number of carbonyl (C=O) groups is 4. The molecule has 2 aromatic heterocycles. The first kappa shape index (κ1) is 28.7. The predicted molar refractivity (Wildman–Crippen MR) is 147 cm³/mol. The number of fused-ring (bicyclic) bond motifs is 1. The van der Waals surface area contributed by atoms with E-state index >= 15 is 0 Å². The van der Waals surface area contributed by atoms with Crippen molar-refractivity contribution in [3.63, 3.8) is 0 Å². The van der Waals surface area contributed by atoms with Crippen molar-refractivity contribution in [2.24, 2.45) is 0 Å². The maximum atomic E-state index is 13.3. The van der Waals surface area contributed by atoms with Crippen molar-refractivity contribution < 1.29 is 29.1 Å². The molecular formula is C24H28N6O6S3. The summed E-state index contributed by atoms with van der Waals surface area (Å²) in [5, 5.41) is 34.9. The summed E-state index contributed by atoms with van der Waals surface area (Å²) in [6.45, 7) is 2.54. The highest BCUT2D eigenvalue weighted by Crippen LogP contribution is 2.41. The molecule has 4 heterocycles. The van der Waals surface area contributed by atoms with Gasteiger partial charge in [0.25, 0.3) is 5.91 Å². The Morgan fingerprint density at radius 1 is 1.31 bits per heavy atom. The average Bonchev–Trinajstić information content (AvgIpc) is 3.45. The van der Waals surface area contributed by atoms with Gasteiger partial charge in [-0.2, -0.15) is 0 Å². The highest BCUT2D eigenvalue weighted by Gasteiger charge is 2.54. The lowest BCUT2D eigenvalue weighted by Crippen LogP contribution is -2.71. The zero-order chi connectivity index (χ0) is 27.9. The quantitative estimate of drug-likeness (QED) is 0.0945. The molecule has 0 radical (unpaired) electrons. The molecule has 2 aromatic rings. The molecule has 0 spiro atoms. The van der Waals surface area contributed by atoms with Gasteiger partial charge in [0.2, 0.25) is 12.1 Å². The van der Waals surface area contributed by atoms with Gasteiger partial charge in [-0.15, -0.1) is 23.1 Å². The van der Waals surface area contributed by atoms with Crippen LogP contribution in [0.4, 0.5) is 4.79 Å². The van der Waals surface area contributed by atoms with Crippen LogP contribution in [0.3, 0.4) is 0 Å². The third-order valence-electron chi connectivity index (χ3n) is 6.02. The molecule has 15 heteroatoms. The number of nitrogens with zero attached hydrogens (tertiary/aromatic N) is 3. The van der Waals surface area contributed by atoms with E-state index in [1.165, 1.54) is 46.0 Å². The molecule has 4 rings (SSSR count). The lowest BCUT2D eigenvalue weighted by molar-refractivity contribution is -0.672. The molecule has 3 atom stereocenters. The van der Waals surface area contributed by atoms with Crippen molar-refractivity contribution in [2.75, 3.05) is 18.1 Å². The van der Waals surface area contributed by atoms with Gasteiger partial charge < -0.3 is 26.3 Å². The lowest BCUT2D eigenvalue weighted by Gasteiger charge is -2.49. The molecule has 2 unspecified atom stereocenters. The van der Waals surface area contributed by atoms with Crippen LogP contribution in [0.25, 0.3) is 0 Å². The van der Waals surface area contributed by atoms with Crippen LogP contribution >= 0.6 is 34.9 Å². The molecule has 0 saturated carbocycles. The first-order valence-electron chi connectivity index (χ1n) is 12.3. The molecule has 2 aliphatic heterocycles. The summed E-state index contributed by atoms with van der Waals surface area (Å²) in [5.74, 6) is -1.77. The van der Waals surface area contributed by atoms with Crippen molar-refractivity contribution in [1.29, 1.82) is 0 Å². The van der Waals surface area contributed by atoms with Gasteiger partial charge in [0.05, 0.1) is 0 Å². The van der Waals surface area contributed by atoms with E-state index in [-0.39, 0.29) is 11.4 Å². The monoisotopic (exact) mass is 592 g/mol. The largest absolute Gasteiger partial charge is 0.594 e. The van der Waals surface area contributed by atoms with Gasteiger partial charge in [0, 0.05) is 34.1 Å². The first-order chi connectivity index (χ1) is 18.8. The number of nitrogens with one attached hydrogen (secondary N) is 3. The van der Waals surface area contributed by atoms with Crippen LogP contribution in [0.5, 0.6) is 0 Å². The highest BCUT2D eigenvalue weighted by atomic mass is 32.2. The van der Waals surface area contributed by atoms with E-state index in [1.807, 2.05) is 0 Å². The van der Waals surface area contributed by atoms with Gasteiger partial charge in [-0.1, -0.05) is 42.4 Å². The van der Waals surface area contributed by atoms with Gasteiger partial charge in [-0.3, -0.25) is 14.5 Å². The summed E-state index contributed by atoms with van der Waals surface area (Å²) in [4.78, 5) is 53.1. The fraction of sp³-hybridized carbons (Fsp3) is 0.417. The Labute approximate surface area is 237 Å². The van der Waals surface area contributed by atoms with Gasteiger partial charge in [-0.25, -0.2) is 9.59 Å². The molecular weight excluding hydrogens is 565 g/mol. The van der Waals surface area contributed by atoms with Crippen molar-refractivity contribution in [1.82, 2.24) is 25.9 Å². The SMILES string of the molecule is CCCCCNC(=O)NC(C(=O)N[C@H]1C(=O)N2C(C(=O)O)=C(CSc3ccc[n+]([O-])n3)CSC12)c1cccs1. The number of unbranched alkanes of at least 4 members (excludes halogenated alkanes) is 2. The van der Waals surface area contributed by atoms with Crippen molar-refractivity contribution in [2.45, 2.75) is 48.7 Å². The summed E-state index contributed by atoms with van der Waals surface area (Å²) in [7, 11) is 0. The highest BCUT2D eigenvalue weighted by molar-refractivity contribution is 8.01. The average molecular weight is 593 g/mol. The molecule has 0 aromatic carbocycles. The Balaban J connectivity index is 1.42. The van der Waals surface area contributed by atoms with E-state index in [0.717, 1.165) is 19.3 Å². The summed E-state index contributed by atoms with van der Waals surface area (Å²) in [6.07, 6.45) is 4.06. The number of aromatic nitrogens is 2. The zero-order valence-electron chi connectivity index (χ0n) is 21.0. The van der Waals surface area contributed by atoms with E-state index in [2.05, 4.69) is 28.0 Å². The number of thioether (sulfide) groups is 2. The number of carboxylic acids is 1. The summed E-state index contributed by atoms with van der Waals surface area (Å²) in [6, 6.07) is 4.25. The van der Waals surface area contributed by atoms with Gasteiger partial charge in [-0.05, 0) is 29.5 Å². The number of urea groups is 1. The van der Waals surface area contributed by atoms with E-state index in [4.69, 9.17) is 0 Å². The Kier molecular flexibility index (Phi) is 9.69. The Hall–Kier alpha value is -3.30. The summed E-state index contributed by atoms with van der Waals surface area (Å²) in [5.41, 5.74) is 0.403. The number of β-lactam (4-membered cyclic amide) rings is 1. The second-order valence-electron chi connectivity index (χ2n) is 8.75. The first-order valence-corrected chi connectivity index (χ1v) is 15.2. The summed E-state index contributed by atoms with van der Waals surface area (Å²) < 4.78 is 0. The van der Waals surface area contributed by atoms with Crippen LogP contribution < -0.4 is 20.8 Å². The van der Waals surface area contributed by atoms with E-state index in [0.29, 0.717) is 32.6 Å². The van der Waals surface area contributed by atoms with Gasteiger partial charge >= 0.3 is 12.0 Å². The molecule has 12 nitrogen and oxygen atoms in total. The molecule has 0 bridgehead atoms. The van der Waals surface area contributed by atoms with Crippen molar-refractivity contribution >= 4 is 58.7 Å². The van der Waals surface area contributed by atoms with Crippen LogP contribution in [0.1, 0.15) is 37.1 Å². The third-order valence-corrected chi connectivity index (χ3v) is 9.31. The maximum absolute atomic E-state index is 13.3. The molecule has 1 fully saturated rings. The normalized spacial score (nSPS) is 19.1. The fourth-order valence-corrected chi connectivity index (χ4v) is 7.23. The number of carboxylic acid groups (broad SMARTS) is 1. The minimum absolute atomic E-state index is 0.118. The second-order valence-corrected chi connectivity index (χ2v) is 11.8. The molecule has 4 N–H and O–H groups in total. The number of amides is 4. The van der Waals surface area contributed by atoms with Gasteiger partial charge in [0.1, 0.15) is 23.2 Å². The maximum Gasteiger partial charge on any atom is 0.352 e. The number of aliphatic carboxylic acids is 1. The van der Waals surface area contributed by atoms with Crippen LogP contribution in [0.2, 0.25) is 0 Å². The van der Waals surface area contributed by atoms with E-state index in [9.17, 15) is 29.5 Å².